The number of rotatable bonds is 1. The molecule has 3 rings (SSSR count). The number of amides is 1. The zero-order chi connectivity index (χ0) is 15.2. The zero-order valence-corrected chi connectivity index (χ0v) is 12.4. The first-order valence-corrected chi connectivity index (χ1v) is 7.05. The van der Waals surface area contributed by atoms with Gasteiger partial charge in [0.05, 0.1) is 13.0 Å². The first-order valence-electron chi connectivity index (χ1n) is 7.05. The fraction of sp³-hybridized carbons (Fsp3) is 0.533. The van der Waals surface area contributed by atoms with E-state index in [1.54, 1.807) is 6.07 Å². The summed E-state index contributed by atoms with van der Waals surface area (Å²) in [6, 6.07) is 3.81. The molecule has 2 aliphatic rings. The van der Waals surface area contributed by atoms with Gasteiger partial charge in [0.25, 0.3) is 12.1 Å². The van der Waals surface area contributed by atoms with Crippen molar-refractivity contribution >= 4 is 11.6 Å². The van der Waals surface area contributed by atoms with Crippen LogP contribution >= 0.6 is 0 Å². The summed E-state index contributed by atoms with van der Waals surface area (Å²) in [6.07, 6.45) is 0.0392. The number of fused-ring (bicyclic) bond motifs is 1. The second kappa shape index (κ2) is 4.71. The number of hydrogen-bond acceptors (Lipinski definition) is 4. The van der Waals surface area contributed by atoms with Crippen LogP contribution in [-0.4, -0.2) is 40.1 Å². The van der Waals surface area contributed by atoms with Crippen molar-refractivity contribution in [2.24, 2.45) is 0 Å². The molecule has 3 heterocycles. The van der Waals surface area contributed by atoms with Gasteiger partial charge in [-0.05, 0) is 32.9 Å². The Balaban J connectivity index is 1.96. The Morgan fingerprint density at radius 2 is 2.33 bits per heavy atom. The first kappa shape index (κ1) is 13.8. The quantitative estimate of drug-likeness (QED) is 0.800. The third kappa shape index (κ3) is 2.14. The molecule has 1 fully saturated rings. The molecule has 110 valence electrons. The summed E-state index contributed by atoms with van der Waals surface area (Å²) in [4.78, 5) is 22.5. The van der Waals surface area contributed by atoms with Gasteiger partial charge in [0.1, 0.15) is 5.69 Å². The van der Waals surface area contributed by atoms with E-state index in [1.165, 1.54) is 0 Å². The minimum atomic E-state index is -1.01. The maximum Gasteiger partial charge on any atom is 0.284 e. The van der Waals surface area contributed by atoms with E-state index >= 15 is 0 Å². The van der Waals surface area contributed by atoms with Crippen LogP contribution in [0.2, 0.25) is 0 Å². The molecule has 2 atom stereocenters. The number of nitrogens with one attached hydrogen (secondary N) is 1. The summed E-state index contributed by atoms with van der Waals surface area (Å²) >= 11 is 0. The van der Waals surface area contributed by atoms with Crippen LogP contribution in [0.5, 0.6) is 5.88 Å². The molecule has 0 aliphatic carbocycles. The van der Waals surface area contributed by atoms with E-state index in [0.717, 1.165) is 5.69 Å². The van der Waals surface area contributed by atoms with Crippen molar-refractivity contribution in [1.29, 1.82) is 0 Å². The van der Waals surface area contributed by atoms with Gasteiger partial charge in [0.15, 0.2) is 0 Å². The number of carbonyl (C=O) groups excluding carboxylic acids is 1. The van der Waals surface area contributed by atoms with Crippen LogP contribution in [0.4, 0.5) is 5.69 Å². The number of likely N-dealkylation sites (tertiary alicyclic amines) is 1. The molecule has 6 heteroatoms. The van der Waals surface area contributed by atoms with Crippen LogP contribution in [0.15, 0.2) is 12.1 Å². The molecule has 1 saturated heterocycles. The third-order valence-corrected chi connectivity index (χ3v) is 4.10. The average molecular weight is 286 g/mol. The average Bonchev–Trinajstić information content (AvgIpc) is 2.81. The standard InChI is InChI=1S/C15H18N4O2/c1-9(2)19-8-15(7-12(19)16-4)14(20)18-11-6-5-10(3)17-13(11)21-15/h5-6,9,12H,7-8H2,1-3H3,(H,18,20)/t12-,15+/m0/s1. The fourth-order valence-corrected chi connectivity index (χ4v) is 2.94. The number of aromatic nitrogens is 1. The summed E-state index contributed by atoms with van der Waals surface area (Å²) < 4.78 is 5.98. The van der Waals surface area contributed by atoms with Crippen LogP contribution < -0.4 is 10.1 Å². The number of hydrogen-bond donors (Lipinski definition) is 1. The summed E-state index contributed by atoms with van der Waals surface area (Å²) in [5, 5.41) is 2.87. The second-order valence-corrected chi connectivity index (χ2v) is 5.94. The van der Waals surface area contributed by atoms with Crippen molar-refractivity contribution in [2.75, 3.05) is 11.9 Å². The fourth-order valence-electron chi connectivity index (χ4n) is 2.94. The molecular formula is C15H18N4O2. The van der Waals surface area contributed by atoms with Gasteiger partial charge in [-0.15, -0.1) is 0 Å². The molecule has 1 aromatic heterocycles. The van der Waals surface area contributed by atoms with E-state index in [-0.39, 0.29) is 18.1 Å². The SMILES string of the molecule is [C-]#[N+][C@@H]1C[C@]2(CN1C(C)C)Oc1nc(C)ccc1NC2=O. The zero-order valence-electron chi connectivity index (χ0n) is 12.4. The number of aryl methyl sites for hydroxylation is 1. The summed E-state index contributed by atoms with van der Waals surface area (Å²) in [6.45, 7) is 13.7. The van der Waals surface area contributed by atoms with Crippen molar-refractivity contribution in [1.82, 2.24) is 9.88 Å². The molecular weight excluding hydrogens is 268 g/mol. The molecule has 0 unspecified atom stereocenters. The number of anilines is 1. The Bertz CT molecular complexity index is 637. The van der Waals surface area contributed by atoms with Crippen molar-refractivity contribution in [3.8, 4) is 5.88 Å². The highest BCUT2D eigenvalue weighted by Gasteiger charge is 2.57. The molecule has 0 radical (unpaired) electrons. The normalized spacial score (nSPS) is 28.1. The largest absolute Gasteiger partial charge is 0.458 e. The third-order valence-electron chi connectivity index (χ3n) is 4.10. The van der Waals surface area contributed by atoms with Crippen LogP contribution in [-0.2, 0) is 4.79 Å². The first-order chi connectivity index (χ1) is 9.95. The van der Waals surface area contributed by atoms with E-state index in [9.17, 15) is 4.79 Å². The molecule has 0 bridgehead atoms. The van der Waals surface area contributed by atoms with Gasteiger partial charge in [-0.1, -0.05) is 0 Å². The topological polar surface area (TPSA) is 58.8 Å². The minimum Gasteiger partial charge on any atom is -0.458 e. The van der Waals surface area contributed by atoms with Crippen LogP contribution in [0.25, 0.3) is 4.85 Å². The van der Waals surface area contributed by atoms with Gasteiger partial charge in [0, 0.05) is 11.7 Å². The molecule has 0 aromatic carbocycles. The van der Waals surface area contributed by atoms with E-state index < -0.39 is 5.60 Å². The van der Waals surface area contributed by atoms with E-state index in [0.29, 0.717) is 24.5 Å². The lowest BCUT2D eigenvalue weighted by Gasteiger charge is -2.33. The molecule has 1 aromatic rings. The van der Waals surface area contributed by atoms with Crippen LogP contribution in [0, 0.1) is 13.5 Å². The highest BCUT2D eigenvalue weighted by molar-refractivity contribution is 6.01. The predicted octanol–water partition coefficient (Wildman–Crippen LogP) is 1.82. The minimum absolute atomic E-state index is 0.183. The maximum atomic E-state index is 12.5. The van der Waals surface area contributed by atoms with Crippen molar-refractivity contribution in [3.05, 3.63) is 29.2 Å². The van der Waals surface area contributed by atoms with Crippen molar-refractivity contribution < 1.29 is 9.53 Å². The maximum absolute atomic E-state index is 12.5. The molecule has 1 N–H and O–H groups in total. The summed E-state index contributed by atoms with van der Waals surface area (Å²) in [5.41, 5.74) is 0.423. The molecule has 21 heavy (non-hydrogen) atoms. The highest BCUT2D eigenvalue weighted by Crippen LogP contribution is 2.40. The van der Waals surface area contributed by atoms with Gasteiger partial charge < -0.3 is 10.1 Å². The number of nitrogens with zero attached hydrogens (tertiary/aromatic N) is 3. The second-order valence-electron chi connectivity index (χ2n) is 5.94. The Morgan fingerprint density at radius 3 is 2.95 bits per heavy atom. The summed E-state index contributed by atoms with van der Waals surface area (Å²) in [5.74, 6) is 0.265. The highest BCUT2D eigenvalue weighted by atomic mass is 16.5. The lowest BCUT2D eigenvalue weighted by molar-refractivity contribution is -0.131. The predicted molar refractivity (Wildman–Crippen MR) is 77.8 cm³/mol. The Morgan fingerprint density at radius 1 is 1.57 bits per heavy atom. The number of carbonyl (C=O) groups is 1. The van der Waals surface area contributed by atoms with Crippen molar-refractivity contribution in [3.63, 3.8) is 0 Å². The van der Waals surface area contributed by atoms with E-state index in [1.807, 2.05) is 31.7 Å². The Labute approximate surface area is 123 Å². The lowest BCUT2D eigenvalue weighted by atomic mass is 9.99. The smallest absolute Gasteiger partial charge is 0.284 e. The molecule has 6 nitrogen and oxygen atoms in total. The Hall–Kier alpha value is -2.13. The molecule has 1 amide bonds. The van der Waals surface area contributed by atoms with Crippen LogP contribution in [0.1, 0.15) is 26.0 Å². The van der Waals surface area contributed by atoms with E-state index in [2.05, 4.69) is 15.1 Å². The lowest BCUT2D eigenvalue weighted by Crippen LogP contribution is -2.53. The van der Waals surface area contributed by atoms with Gasteiger partial charge >= 0.3 is 0 Å². The molecule has 2 aliphatic heterocycles. The number of ether oxygens (including phenoxy) is 1. The van der Waals surface area contributed by atoms with E-state index in [4.69, 9.17) is 11.3 Å². The summed E-state index contributed by atoms with van der Waals surface area (Å²) in [7, 11) is 0. The van der Waals surface area contributed by atoms with Gasteiger partial charge in [0.2, 0.25) is 11.5 Å². The molecule has 0 saturated carbocycles. The van der Waals surface area contributed by atoms with Crippen molar-refractivity contribution in [2.45, 2.75) is 45.0 Å². The Kier molecular flexibility index (Phi) is 3.10. The van der Waals surface area contributed by atoms with Gasteiger partial charge in [-0.25, -0.2) is 16.5 Å². The number of pyridine rings is 1. The van der Waals surface area contributed by atoms with Crippen LogP contribution in [0.3, 0.4) is 0 Å². The molecule has 1 spiro atoms. The van der Waals surface area contributed by atoms with Gasteiger partial charge in [-0.3, -0.25) is 9.64 Å². The van der Waals surface area contributed by atoms with Gasteiger partial charge in [-0.2, -0.15) is 0 Å². The monoisotopic (exact) mass is 286 g/mol.